The molecule has 1 unspecified atom stereocenters. The van der Waals surface area contributed by atoms with Crippen LogP contribution in [0.3, 0.4) is 0 Å². The molecule has 0 aromatic carbocycles. The molecule has 1 aliphatic heterocycles. The lowest BCUT2D eigenvalue weighted by Crippen LogP contribution is -2.30. The molecule has 0 spiro atoms. The Morgan fingerprint density at radius 2 is 2.20 bits per heavy atom. The quantitative estimate of drug-likeness (QED) is 0.805. The molecule has 7 nitrogen and oxygen atoms in total. The van der Waals surface area contributed by atoms with Crippen molar-refractivity contribution in [2.24, 2.45) is 5.92 Å². The standard InChI is InChI=1S/C12H14N2O5S/c15-11(9-1-3-13-10(5-9)12(16)17)14-6-8-2-4-20(18,19)7-8/h1,3,5,8H,2,4,6-7H2,(H,14,15)(H,16,17). The van der Waals surface area contributed by atoms with Crippen molar-refractivity contribution >= 4 is 21.7 Å². The molecular weight excluding hydrogens is 284 g/mol. The van der Waals surface area contributed by atoms with E-state index in [1.807, 2.05) is 0 Å². The number of amides is 1. The second kappa shape index (κ2) is 5.58. The van der Waals surface area contributed by atoms with Gasteiger partial charge in [-0.3, -0.25) is 4.79 Å². The third-order valence-electron chi connectivity index (χ3n) is 3.12. The Hall–Kier alpha value is -1.96. The topological polar surface area (TPSA) is 113 Å². The van der Waals surface area contributed by atoms with Gasteiger partial charge in [-0.2, -0.15) is 0 Å². The number of aromatic carboxylic acids is 1. The van der Waals surface area contributed by atoms with Gasteiger partial charge in [-0.1, -0.05) is 0 Å². The smallest absolute Gasteiger partial charge is 0.354 e. The summed E-state index contributed by atoms with van der Waals surface area (Å²) in [6.07, 6.45) is 1.79. The Morgan fingerprint density at radius 3 is 2.80 bits per heavy atom. The van der Waals surface area contributed by atoms with Crippen LogP contribution in [0.5, 0.6) is 0 Å². The highest BCUT2D eigenvalue weighted by molar-refractivity contribution is 7.91. The number of hydrogen-bond donors (Lipinski definition) is 2. The summed E-state index contributed by atoms with van der Waals surface area (Å²) in [5.41, 5.74) is -0.0145. The minimum Gasteiger partial charge on any atom is -0.477 e. The number of carboxylic acids is 1. The van der Waals surface area contributed by atoms with E-state index in [2.05, 4.69) is 10.3 Å². The second-order valence-electron chi connectivity index (χ2n) is 4.71. The van der Waals surface area contributed by atoms with Gasteiger partial charge in [0, 0.05) is 18.3 Å². The van der Waals surface area contributed by atoms with Crippen LogP contribution in [0.1, 0.15) is 27.3 Å². The predicted molar refractivity (Wildman–Crippen MR) is 70.3 cm³/mol. The number of carbonyl (C=O) groups is 2. The molecule has 2 rings (SSSR count). The molecule has 1 saturated heterocycles. The SMILES string of the molecule is O=C(NCC1CCS(=O)(=O)C1)c1ccnc(C(=O)O)c1. The van der Waals surface area contributed by atoms with Crippen LogP contribution in [0.4, 0.5) is 0 Å². The zero-order chi connectivity index (χ0) is 14.8. The fraction of sp³-hybridized carbons (Fsp3) is 0.417. The van der Waals surface area contributed by atoms with E-state index in [0.717, 1.165) is 0 Å². The van der Waals surface area contributed by atoms with E-state index < -0.39 is 21.7 Å². The van der Waals surface area contributed by atoms with Gasteiger partial charge in [0.15, 0.2) is 9.84 Å². The van der Waals surface area contributed by atoms with Crippen LogP contribution < -0.4 is 5.32 Å². The maximum Gasteiger partial charge on any atom is 0.354 e. The summed E-state index contributed by atoms with van der Waals surface area (Å²) in [7, 11) is -2.96. The average Bonchev–Trinajstić information content (AvgIpc) is 2.75. The van der Waals surface area contributed by atoms with Crippen LogP contribution in [0, 0.1) is 5.92 Å². The number of hydrogen-bond acceptors (Lipinski definition) is 5. The van der Waals surface area contributed by atoms with Crippen LogP contribution in [0.2, 0.25) is 0 Å². The molecule has 8 heteroatoms. The van der Waals surface area contributed by atoms with Crippen molar-refractivity contribution < 1.29 is 23.1 Å². The van der Waals surface area contributed by atoms with Gasteiger partial charge >= 0.3 is 5.97 Å². The number of sulfone groups is 1. The zero-order valence-corrected chi connectivity index (χ0v) is 11.4. The van der Waals surface area contributed by atoms with Gasteiger partial charge in [-0.05, 0) is 24.5 Å². The number of carboxylic acid groups (broad SMARTS) is 1. The molecule has 20 heavy (non-hydrogen) atoms. The molecule has 1 aromatic rings. The molecule has 1 aromatic heterocycles. The maximum atomic E-state index is 11.9. The van der Waals surface area contributed by atoms with Gasteiger partial charge in [0.05, 0.1) is 11.5 Å². The monoisotopic (exact) mass is 298 g/mol. The molecule has 1 fully saturated rings. The Balaban J connectivity index is 1.95. The molecule has 2 heterocycles. The average molecular weight is 298 g/mol. The van der Waals surface area contributed by atoms with Crippen molar-refractivity contribution in [1.29, 1.82) is 0 Å². The lowest BCUT2D eigenvalue weighted by atomic mass is 10.1. The van der Waals surface area contributed by atoms with Crippen LogP contribution >= 0.6 is 0 Å². The van der Waals surface area contributed by atoms with E-state index in [4.69, 9.17) is 5.11 Å². The number of pyridine rings is 1. The Kier molecular flexibility index (Phi) is 4.03. The van der Waals surface area contributed by atoms with Crippen LogP contribution in [-0.4, -0.2) is 48.4 Å². The van der Waals surface area contributed by atoms with Crippen molar-refractivity contribution in [3.8, 4) is 0 Å². The summed E-state index contributed by atoms with van der Waals surface area (Å²) in [4.78, 5) is 26.2. The van der Waals surface area contributed by atoms with Gasteiger partial charge in [0.25, 0.3) is 5.91 Å². The molecule has 0 bridgehead atoms. The molecular formula is C12H14N2O5S. The summed E-state index contributed by atoms with van der Waals surface area (Å²) < 4.78 is 22.6. The number of rotatable bonds is 4. The summed E-state index contributed by atoms with van der Waals surface area (Å²) in [6, 6.07) is 2.59. The van der Waals surface area contributed by atoms with Crippen molar-refractivity contribution in [3.05, 3.63) is 29.6 Å². The fourth-order valence-electron chi connectivity index (χ4n) is 2.06. The van der Waals surface area contributed by atoms with Crippen LogP contribution in [0.15, 0.2) is 18.3 Å². The first kappa shape index (κ1) is 14.4. The van der Waals surface area contributed by atoms with Crippen LogP contribution in [-0.2, 0) is 9.84 Å². The summed E-state index contributed by atoms with van der Waals surface area (Å²) in [5.74, 6) is -1.47. The molecule has 108 valence electrons. The maximum absolute atomic E-state index is 11.9. The molecule has 1 amide bonds. The first-order valence-electron chi connectivity index (χ1n) is 6.05. The molecule has 0 saturated carbocycles. The first-order valence-corrected chi connectivity index (χ1v) is 7.87. The minimum atomic E-state index is -2.96. The lowest BCUT2D eigenvalue weighted by Gasteiger charge is -2.09. The number of aromatic nitrogens is 1. The van der Waals surface area contributed by atoms with E-state index in [1.165, 1.54) is 18.3 Å². The largest absolute Gasteiger partial charge is 0.477 e. The Morgan fingerprint density at radius 1 is 1.45 bits per heavy atom. The molecule has 1 aliphatic rings. The highest BCUT2D eigenvalue weighted by atomic mass is 32.2. The Labute approximate surface area is 115 Å². The van der Waals surface area contributed by atoms with E-state index in [1.54, 1.807) is 0 Å². The van der Waals surface area contributed by atoms with Gasteiger partial charge in [0.1, 0.15) is 5.69 Å². The third kappa shape index (κ3) is 3.53. The Bertz CT molecular complexity index is 641. The fourth-order valence-corrected chi connectivity index (χ4v) is 3.92. The second-order valence-corrected chi connectivity index (χ2v) is 6.94. The van der Waals surface area contributed by atoms with Crippen molar-refractivity contribution in [2.75, 3.05) is 18.1 Å². The van der Waals surface area contributed by atoms with Crippen molar-refractivity contribution in [3.63, 3.8) is 0 Å². The van der Waals surface area contributed by atoms with E-state index in [-0.39, 0.29) is 35.2 Å². The number of nitrogens with one attached hydrogen (secondary N) is 1. The summed E-state index contributed by atoms with van der Waals surface area (Å²) in [5, 5.41) is 11.4. The molecule has 1 atom stereocenters. The zero-order valence-electron chi connectivity index (χ0n) is 10.6. The lowest BCUT2D eigenvalue weighted by molar-refractivity contribution is 0.0690. The molecule has 2 N–H and O–H groups in total. The van der Waals surface area contributed by atoms with Gasteiger partial charge < -0.3 is 10.4 Å². The highest BCUT2D eigenvalue weighted by Crippen LogP contribution is 2.17. The van der Waals surface area contributed by atoms with Gasteiger partial charge in [0.2, 0.25) is 0 Å². The van der Waals surface area contributed by atoms with E-state index in [0.29, 0.717) is 6.42 Å². The molecule has 0 radical (unpaired) electrons. The highest BCUT2D eigenvalue weighted by Gasteiger charge is 2.28. The summed E-state index contributed by atoms with van der Waals surface area (Å²) >= 11 is 0. The minimum absolute atomic E-state index is 0.0790. The molecule has 0 aliphatic carbocycles. The van der Waals surface area contributed by atoms with E-state index in [9.17, 15) is 18.0 Å². The van der Waals surface area contributed by atoms with E-state index >= 15 is 0 Å². The van der Waals surface area contributed by atoms with Crippen molar-refractivity contribution in [2.45, 2.75) is 6.42 Å². The first-order chi connectivity index (χ1) is 9.37. The van der Waals surface area contributed by atoms with Gasteiger partial charge in [-0.25, -0.2) is 18.2 Å². The summed E-state index contributed by atoms with van der Waals surface area (Å²) in [6.45, 7) is 0.267. The number of carbonyl (C=O) groups excluding carboxylic acids is 1. The normalized spacial score (nSPS) is 20.5. The van der Waals surface area contributed by atoms with Gasteiger partial charge in [-0.15, -0.1) is 0 Å². The predicted octanol–water partition coefficient (Wildman–Crippen LogP) is -0.0557. The van der Waals surface area contributed by atoms with Crippen molar-refractivity contribution in [1.82, 2.24) is 10.3 Å². The number of nitrogens with zero attached hydrogens (tertiary/aromatic N) is 1. The van der Waals surface area contributed by atoms with Crippen LogP contribution in [0.25, 0.3) is 0 Å². The third-order valence-corrected chi connectivity index (χ3v) is 4.96.